The van der Waals surface area contributed by atoms with Gasteiger partial charge in [0, 0.05) is 12.2 Å². The molecule has 0 saturated carbocycles. The van der Waals surface area contributed by atoms with Gasteiger partial charge in [-0.2, -0.15) is 13.2 Å². The summed E-state index contributed by atoms with van der Waals surface area (Å²) < 4.78 is 71.9. The molecule has 0 aliphatic carbocycles. The molecular weight excluding hydrogens is 497 g/mol. The third-order valence-electron chi connectivity index (χ3n) is 5.31. The maximum absolute atomic E-state index is 13.0. The number of carbonyl (C=O) groups excluding carboxylic acids is 1. The van der Waals surface area contributed by atoms with Crippen LogP contribution in [0.5, 0.6) is 0 Å². The molecule has 0 saturated heterocycles. The van der Waals surface area contributed by atoms with Crippen LogP contribution in [0.3, 0.4) is 0 Å². The number of benzene rings is 3. The van der Waals surface area contributed by atoms with Crippen LogP contribution in [0.4, 0.5) is 18.9 Å². The maximum Gasteiger partial charge on any atom is 0.416 e. The molecule has 0 bridgehead atoms. The molecule has 11 heteroatoms. The lowest BCUT2D eigenvalue weighted by molar-refractivity contribution is -0.137. The van der Waals surface area contributed by atoms with E-state index in [0.29, 0.717) is 6.07 Å². The molecule has 0 atom stereocenters. The molecule has 1 aromatic heterocycles. The smallest absolute Gasteiger partial charge is 0.416 e. The van der Waals surface area contributed by atoms with E-state index >= 15 is 0 Å². The van der Waals surface area contributed by atoms with E-state index in [2.05, 4.69) is 10.0 Å². The summed E-state index contributed by atoms with van der Waals surface area (Å²) in [7, 11) is -4.37. The number of halogens is 3. The first-order valence-corrected chi connectivity index (χ1v) is 12.0. The highest BCUT2D eigenvalue weighted by molar-refractivity contribution is 7.92. The monoisotopic (exact) mass is 516 g/mol. The summed E-state index contributed by atoms with van der Waals surface area (Å²) in [4.78, 5) is 25.2. The fourth-order valence-electron chi connectivity index (χ4n) is 3.39. The highest BCUT2D eigenvalue weighted by Gasteiger charge is 2.31. The zero-order valence-corrected chi connectivity index (χ0v) is 19.5. The number of hydrogen-bond acceptors (Lipinski definition) is 5. The molecule has 0 unspecified atom stereocenters. The van der Waals surface area contributed by atoms with Crippen molar-refractivity contribution >= 4 is 32.6 Å². The SMILES string of the molecule is Cc1ccc(CNC(=O)c2coc3ccc(S(=O)(=O)Nc4cccc(C(F)(F)F)c4)cc3c2=O)cc1. The molecule has 2 N–H and O–H groups in total. The number of carbonyl (C=O) groups is 1. The number of rotatable bonds is 6. The molecule has 4 rings (SSSR count). The van der Waals surface area contributed by atoms with Gasteiger partial charge in [-0.25, -0.2) is 8.42 Å². The van der Waals surface area contributed by atoms with Crippen molar-refractivity contribution in [3.8, 4) is 0 Å². The van der Waals surface area contributed by atoms with E-state index < -0.39 is 38.0 Å². The Morgan fingerprint density at radius 3 is 2.42 bits per heavy atom. The largest absolute Gasteiger partial charge is 0.463 e. The third-order valence-corrected chi connectivity index (χ3v) is 6.69. The van der Waals surface area contributed by atoms with E-state index in [4.69, 9.17) is 4.42 Å². The Bertz CT molecular complexity index is 1610. The Morgan fingerprint density at radius 2 is 1.72 bits per heavy atom. The summed E-state index contributed by atoms with van der Waals surface area (Å²) in [6.45, 7) is 2.08. The number of fused-ring (bicyclic) bond motifs is 1. The van der Waals surface area contributed by atoms with Gasteiger partial charge in [-0.1, -0.05) is 35.9 Å². The summed E-state index contributed by atoms with van der Waals surface area (Å²) in [5.74, 6) is -0.707. The predicted molar refractivity (Wildman–Crippen MR) is 127 cm³/mol. The lowest BCUT2D eigenvalue weighted by Crippen LogP contribution is -2.28. The van der Waals surface area contributed by atoms with Crippen molar-refractivity contribution in [3.63, 3.8) is 0 Å². The summed E-state index contributed by atoms with van der Waals surface area (Å²) in [6, 6.07) is 14.5. The maximum atomic E-state index is 13.0. The molecule has 0 aliphatic rings. The normalized spacial score (nSPS) is 11.9. The molecule has 1 heterocycles. The summed E-state index contributed by atoms with van der Waals surface area (Å²) in [6.07, 6.45) is -3.66. The second-order valence-corrected chi connectivity index (χ2v) is 9.67. The number of sulfonamides is 1. The number of nitrogens with one attached hydrogen (secondary N) is 2. The first-order valence-electron chi connectivity index (χ1n) is 10.5. The van der Waals surface area contributed by atoms with E-state index in [1.165, 1.54) is 12.1 Å². The van der Waals surface area contributed by atoms with Gasteiger partial charge in [0.1, 0.15) is 17.4 Å². The van der Waals surface area contributed by atoms with E-state index in [0.717, 1.165) is 41.7 Å². The molecule has 0 radical (unpaired) electrons. The van der Waals surface area contributed by atoms with Gasteiger partial charge in [0.05, 0.1) is 15.8 Å². The minimum atomic E-state index is -4.65. The lowest BCUT2D eigenvalue weighted by atomic mass is 10.1. The molecule has 0 spiro atoms. The lowest BCUT2D eigenvalue weighted by Gasteiger charge is -2.12. The van der Waals surface area contributed by atoms with Crippen molar-refractivity contribution in [2.24, 2.45) is 0 Å². The van der Waals surface area contributed by atoms with Crippen LogP contribution in [-0.4, -0.2) is 14.3 Å². The fourth-order valence-corrected chi connectivity index (χ4v) is 4.47. The summed E-state index contributed by atoms with van der Waals surface area (Å²) in [5, 5.41) is 2.44. The van der Waals surface area contributed by atoms with E-state index in [-0.39, 0.29) is 28.8 Å². The van der Waals surface area contributed by atoms with Crippen molar-refractivity contribution in [3.05, 3.63) is 105 Å². The van der Waals surface area contributed by atoms with Crippen molar-refractivity contribution in [1.29, 1.82) is 0 Å². The molecule has 0 fully saturated rings. The van der Waals surface area contributed by atoms with Crippen LogP contribution in [0.2, 0.25) is 0 Å². The van der Waals surface area contributed by atoms with E-state index in [9.17, 15) is 31.2 Å². The average molecular weight is 516 g/mol. The number of amides is 1. The highest BCUT2D eigenvalue weighted by atomic mass is 32.2. The van der Waals surface area contributed by atoms with Crippen molar-refractivity contribution < 1.29 is 30.8 Å². The first-order chi connectivity index (χ1) is 16.9. The van der Waals surface area contributed by atoms with Crippen molar-refractivity contribution in [1.82, 2.24) is 5.32 Å². The fraction of sp³-hybridized carbons (Fsp3) is 0.120. The zero-order valence-electron chi connectivity index (χ0n) is 18.7. The zero-order chi connectivity index (χ0) is 26.1. The quantitative estimate of drug-likeness (QED) is 0.381. The van der Waals surface area contributed by atoms with E-state index in [1.807, 2.05) is 31.2 Å². The van der Waals surface area contributed by atoms with Crippen LogP contribution in [0.1, 0.15) is 27.0 Å². The van der Waals surface area contributed by atoms with Gasteiger partial charge in [0.2, 0.25) is 5.43 Å². The van der Waals surface area contributed by atoms with E-state index in [1.54, 1.807) is 0 Å². The number of hydrogen-bond donors (Lipinski definition) is 2. The van der Waals surface area contributed by atoms with Crippen LogP contribution in [0, 0.1) is 6.92 Å². The average Bonchev–Trinajstić information content (AvgIpc) is 2.83. The molecule has 3 aromatic carbocycles. The Kier molecular flexibility index (Phi) is 6.59. The second-order valence-electron chi connectivity index (χ2n) is 7.99. The minimum Gasteiger partial charge on any atom is -0.463 e. The Morgan fingerprint density at radius 1 is 1.00 bits per heavy atom. The molecule has 36 heavy (non-hydrogen) atoms. The van der Waals surface area contributed by atoms with Crippen molar-refractivity contribution in [2.75, 3.05) is 4.72 Å². The van der Waals surface area contributed by atoms with Crippen LogP contribution >= 0.6 is 0 Å². The number of aryl methyl sites for hydroxylation is 1. The van der Waals surface area contributed by atoms with Gasteiger partial charge in [-0.3, -0.25) is 14.3 Å². The second kappa shape index (κ2) is 9.50. The van der Waals surface area contributed by atoms with Crippen LogP contribution in [0.25, 0.3) is 11.0 Å². The molecular formula is C25H19F3N2O5S. The van der Waals surface area contributed by atoms with Crippen LogP contribution in [-0.2, 0) is 22.7 Å². The Hall–Kier alpha value is -4.12. The highest BCUT2D eigenvalue weighted by Crippen LogP contribution is 2.31. The van der Waals surface area contributed by atoms with Crippen molar-refractivity contribution in [2.45, 2.75) is 24.5 Å². The Labute approximate surface area is 203 Å². The van der Waals surface area contributed by atoms with Crippen LogP contribution in [0.15, 0.2) is 87.1 Å². The molecule has 1 amide bonds. The predicted octanol–water partition coefficient (Wildman–Crippen LogP) is 4.85. The Balaban J connectivity index is 1.61. The molecule has 186 valence electrons. The summed E-state index contributed by atoms with van der Waals surface area (Å²) >= 11 is 0. The van der Waals surface area contributed by atoms with Gasteiger partial charge < -0.3 is 9.73 Å². The van der Waals surface area contributed by atoms with Gasteiger partial charge in [0.25, 0.3) is 15.9 Å². The van der Waals surface area contributed by atoms with Crippen LogP contribution < -0.4 is 15.5 Å². The number of anilines is 1. The van der Waals surface area contributed by atoms with Gasteiger partial charge in [-0.05, 0) is 48.9 Å². The topological polar surface area (TPSA) is 105 Å². The number of alkyl halides is 3. The molecule has 4 aromatic rings. The molecule has 7 nitrogen and oxygen atoms in total. The molecule has 0 aliphatic heterocycles. The van der Waals surface area contributed by atoms with Gasteiger partial charge >= 0.3 is 6.18 Å². The standard InChI is InChI=1S/C25H19F3N2O5S/c1-15-5-7-16(8-6-15)13-29-24(32)21-14-35-22-10-9-19(12-20(22)23(21)31)36(33,34)30-18-4-2-3-17(11-18)25(26,27)28/h2-12,14,30H,13H2,1H3,(H,29,32). The minimum absolute atomic E-state index is 0.0353. The summed E-state index contributed by atoms with van der Waals surface area (Å²) in [5.41, 5.74) is -0.511. The third kappa shape index (κ3) is 5.41. The van der Waals surface area contributed by atoms with Gasteiger partial charge in [0.15, 0.2) is 0 Å². The van der Waals surface area contributed by atoms with Gasteiger partial charge in [-0.15, -0.1) is 0 Å². The first kappa shape index (κ1) is 25.0.